The van der Waals surface area contributed by atoms with E-state index in [2.05, 4.69) is 35.5 Å². The molecule has 0 bridgehead atoms. The Morgan fingerprint density at radius 3 is 0.671 bits per heavy atom. The lowest BCUT2D eigenvalue weighted by Crippen LogP contribution is -2.04. The monoisotopic (exact) mass is 1070 g/mol. The van der Waals surface area contributed by atoms with Gasteiger partial charge in [-0.25, -0.2) is 0 Å². The largest absolute Gasteiger partial charge is 0.508 e. The molecule has 13 nitrogen and oxygen atoms in total. The summed E-state index contributed by atoms with van der Waals surface area (Å²) in [7, 11) is 0. The zero-order chi connectivity index (χ0) is 55.4. The fourth-order valence-corrected chi connectivity index (χ4v) is 7.46. The van der Waals surface area contributed by atoms with E-state index in [0.717, 1.165) is 96.2 Å². The van der Waals surface area contributed by atoms with Crippen LogP contribution in [0.2, 0.25) is 0 Å². The van der Waals surface area contributed by atoms with Gasteiger partial charge < -0.3 is 63.4 Å². The van der Waals surface area contributed by atoms with Crippen molar-refractivity contribution < 1.29 is 63.4 Å². The molecular weight excluding hydrogens is 1000 g/mol. The van der Waals surface area contributed by atoms with Crippen LogP contribution in [0.25, 0.3) is 0 Å². The van der Waals surface area contributed by atoms with Gasteiger partial charge >= 0.3 is 0 Å². The molecule has 79 heavy (non-hydrogen) atoms. The number of unbranched alkanes of at least 4 members (excludes halogenated alkanes) is 6. The van der Waals surface area contributed by atoms with E-state index < -0.39 is 0 Å². The van der Waals surface area contributed by atoms with Gasteiger partial charge in [0.15, 0.2) is 0 Å². The second-order valence-electron chi connectivity index (χ2n) is 18.3. The van der Waals surface area contributed by atoms with Gasteiger partial charge in [0.25, 0.3) is 0 Å². The summed E-state index contributed by atoms with van der Waals surface area (Å²) in [6.45, 7) is 4.41. The third-order valence-electron chi connectivity index (χ3n) is 11.7. The Labute approximate surface area is 466 Å². The van der Waals surface area contributed by atoms with Crippen LogP contribution in [0, 0.1) is 35.5 Å². The summed E-state index contributed by atoms with van der Waals surface area (Å²) in [5.41, 5.74) is 4.69. The fraction of sp³-hybridized carbons (Fsp3) is 0.364. The van der Waals surface area contributed by atoms with E-state index >= 15 is 0 Å². The molecule has 0 amide bonds. The Morgan fingerprint density at radius 2 is 0.430 bits per heavy atom. The maximum absolute atomic E-state index is 9.73. The summed E-state index contributed by atoms with van der Waals surface area (Å²) in [4.78, 5) is 0. The van der Waals surface area contributed by atoms with Crippen LogP contribution in [0.15, 0.2) is 127 Å². The summed E-state index contributed by atoms with van der Waals surface area (Å²) >= 11 is 0. The molecule has 0 aromatic heterocycles. The molecule has 0 unspecified atom stereocenters. The summed E-state index contributed by atoms with van der Waals surface area (Å²) in [6, 6.07) is 39.0. The normalized spacial score (nSPS) is 10.5. The molecule has 0 radical (unpaired) electrons. The number of hydrogen-bond acceptors (Lipinski definition) is 13. The molecule has 0 aliphatic rings. The second kappa shape index (κ2) is 36.2. The van der Waals surface area contributed by atoms with E-state index in [9.17, 15) is 5.11 Å². The standard InChI is InChI=1S/C66H74O13/c67-31-1-5-35-74-61-43-56(44-62(49-61)75-36-6-2-32-68)17-14-53-21-27-59(28-22-53)72-39-9-11-41-78-65-47-55(16-13-52-19-25-58(71)26-20-52)48-66(51-65)79-42-12-10-40-73-60-29-23-54(24-30-60)15-18-57-45-63(76-37-7-3-33-69)50-64(46-57)77-38-8-4-34-70/h19-30,43-51,67-71H,1-12,31-42H2. The van der Waals surface area contributed by atoms with Crippen LogP contribution in [0.3, 0.4) is 0 Å². The van der Waals surface area contributed by atoms with E-state index in [4.69, 9.17) is 58.3 Å². The molecule has 6 aromatic carbocycles. The molecule has 13 heteroatoms. The first-order chi connectivity index (χ1) is 38.9. The zero-order valence-corrected chi connectivity index (χ0v) is 45.1. The van der Waals surface area contributed by atoms with Gasteiger partial charge in [0, 0.05) is 78.0 Å². The molecule has 0 aliphatic heterocycles. The fourth-order valence-electron chi connectivity index (χ4n) is 7.46. The Hall–Kier alpha value is -7.96. The number of ether oxygens (including phenoxy) is 8. The van der Waals surface area contributed by atoms with E-state index in [0.29, 0.717) is 113 Å². The van der Waals surface area contributed by atoms with E-state index in [-0.39, 0.29) is 32.2 Å². The van der Waals surface area contributed by atoms with Crippen LogP contribution in [-0.2, 0) is 0 Å². The molecule has 0 spiro atoms. The number of aliphatic hydroxyl groups is 4. The maximum Gasteiger partial charge on any atom is 0.124 e. The van der Waals surface area contributed by atoms with Gasteiger partial charge in [0.2, 0.25) is 0 Å². The van der Waals surface area contributed by atoms with Crippen LogP contribution in [0.5, 0.6) is 51.7 Å². The highest BCUT2D eigenvalue weighted by Gasteiger charge is 2.08. The highest BCUT2D eigenvalue weighted by Crippen LogP contribution is 2.27. The number of phenols is 1. The minimum Gasteiger partial charge on any atom is -0.508 e. The molecule has 0 atom stereocenters. The van der Waals surface area contributed by atoms with Crippen molar-refractivity contribution in [3.63, 3.8) is 0 Å². The summed E-state index contributed by atoms with van der Waals surface area (Å²) < 4.78 is 48.2. The summed E-state index contributed by atoms with van der Waals surface area (Å²) in [5, 5.41) is 46.2. The molecule has 0 saturated carbocycles. The number of hydrogen-bond donors (Lipinski definition) is 5. The van der Waals surface area contributed by atoms with Crippen molar-refractivity contribution >= 4 is 0 Å². The zero-order valence-electron chi connectivity index (χ0n) is 45.1. The predicted molar refractivity (Wildman–Crippen MR) is 306 cm³/mol. The third-order valence-corrected chi connectivity index (χ3v) is 11.7. The van der Waals surface area contributed by atoms with E-state index in [1.807, 2.05) is 103 Å². The number of aliphatic hydroxyl groups excluding tert-OH is 4. The lowest BCUT2D eigenvalue weighted by atomic mass is 10.1. The van der Waals surface area contributed by atoms with Crippen molar-refractivity contribution in [2.24, 2.45) is 0 Å². The van der Waals surface area contributed by atoms with E-state index in [1.165, 1.54) is 0 Å². The average Bonchev–Trinajstić information content (AvgIpc) is 3.47. The molecule has 0 heterocycles. The van der Waals surface area contributed by atoms with E-state index in [1.54, 1.807) is 24.3 Å². The molecule has 416 valence electrons. The van der Waals surface area contributed by atoms with Crippen LogP contribution in [0.4, 0.5) is 0 Å². The average molecular weight is 1080 g/mol. The lowest BCUT2D eigenvalue weighted by molar-refractivity contribution is 0.247. The SMILES string of the molecule is OCCCCOc1cc(C#Cc2ccc(OCCCCOc3cc(C#Cc4ccc(O)cc4)cc(OCCCCOc4ccc(C#Cc5cc(OCCCCO)cc(OCCCCO)c5)cc4)c3)cc2)cc(OCCCCO)c1. The molecule has 6 aromatic rings. The summed E-state index contributed by atoms with van der Waals surface area (Å²) in [5.74, 6) is 24.8. The molecule has 0 saturated heterocycles. The summed E-state index contributed by atoms with van der Waals surface area (Å²) in [6.07, 6.45) is 8.72. The first kappa shape index (κ1) is 60.3. The van der Waals surface area contributed by atoms with Gasteiger partial charge in [-0.2, -0.15) is 0 Å². The van der Waals surface area contributed by atoms with Crippen LogP contribution >= 0.6 is 0 Å². The Bertz CT molecular complexity index is 2660. The predicted octanol–water partition coefficient (Wildman–Crippen LogP) is 10.7. The maximum atomic E-state index is 9.73. The lowest BCUT2D eigenvalue weighted by Gasteiger charge is -2.12. The van der Waals surface area contributed by atoms with Crippen LogP contribution in [0.1, 0.15) is 110 Å². The molecule has 0 fully saturated rings. The van der Waals surface area contributed by atoms with Crippen molar-refractivity contribution in [3.8, 4) is 87.3 Å². The van der Waals surface area contributed by atoms with Crippen LogP contribution < -0.4 is 37.9 Å². The number of phenolic OH excluding ortho intramolecular Hbond substituents is 1. The second-order valence-corrected chi connectivity index (χ2v) is 18.3. The molecule has 0 aliphatic carbocycles. The topological polar surface area (TPSA) is 175 Å². The number of aromatic hydroxyl groups is 1. The first-order valence-corrected chi connectivity index (χ1v) is 27.3. The molecular formula is C66H74O13. The molecule has 5 N–H and O–H groups in total. The van der Waals surface area contributed by atoms with Gasteiger partial charge in [-0.05, 0) is 186 Å². The van der Waals surface area contributed by atoms with Gasteiger partial charge in [-0.1, -0.05) is 35.5 Å². The molecule has 6 rings (SSSR count). The minimum absolute atomic E-state index is 0.126. The van der Waals surface area contributed by atoms with Crippen molar-refractivity contribution in [1.82, 2.24) is 0 Å². The van der Waals surface area contributed by atoms with Gasteiger partial charge in [-0.3, -0.25) is 0 Å². The first-order valence-electron chi connectivity index (χ1n) is 27.3. The van der Waals surface area contributed by atoms with Gasteiger partial charge in [0.1, 0.15) is 51.7 Å². The van der Waals surface area contributed by atoms with Crippen molar-refractivity contribution in [2.75, 3.05) is 79.3 Å². The smallest absolute Gasteiger partial charge is 0.124 e. The Balaban J connectivity index is 0.946. The number of rotatable bonds is 34. The quantitative estimate of drug-likeness (QED) is 0.0191. The Kier molecular flexibility index (Phi) is 27.6. The Morgan fingerprint density at radius 1 is 0.228 bits per heavy atom. The highest BCUT2D eigenvalue weighted by molar-refractivity contribution is 5.52. The third kappa shape index (κ3) is 24.5. The van der Waals surface area contributed by atoms with Crippen LogP contribution in [-0.4, -0.2) is 105 Å². The van der Waals surface area contributed by atoms with Crippen molar-refractivity contribution in [1.29, 1.82) is 0 Å². The van der Waals surface area contributed by atoms with Gasteiger partial charge in [0.05, 0.1) is 52.9 Å². The highest BCUT2D eigenvalue weighted by atomic mass is 16.5. The van der Waals surface area contributed by atoms with Crippen molar-refractivity contribution in [2.45, 2.75) is 77.0 Å². The minimum atomic E-state index is 0.126. The number of benzene rings is 6. The van der Waals surface area contributed by atoms with Gasteiger partial charge in [-0.15, -0.1) is 0 Å². The van der Waals surface area contributed by atoms with Crippen molar-refractivity contribution in [3.05, 3.63) is 161 Å².